The Hall–Kier alpha value is 2.36. The van der Waals surface area contributed by atoms with Gasteiger partial charge in [0.1, 0.15) is 12.7 Å². The number of hydrogen-bond acceptors (Lipinski definition) is 4. The van der Waals surface area contributed by atoms with Gasteiger partial charge in [0.25, 0.3) is 0 Å². The van der Waals surface area contributed by atoms with E-state index < -0.39 is 0 Å². The van der Waals surface area contributed by atoms with E-state index in [1.165, 1.54) is 12.7 Å². The van der Waals surface area contributed by atoms with Gasteiger partial charge in [-0.2, -0.15) is 0 Å². The molecule has 0 aromatic carbocycles. The van der Waals surface area contributed by atoms with Gasteiger partial charge in [-0.1, -0.05) is 0 Å². The second kappa shape index (κ2) is 11.4. The van der Waals surface area contributed by atoms with Gasteiger partial charge in [0.05, 0.1) is 0 Å². The first-order valence-corrected chi connectivity index (χ1v) is 2.15. The average molecular weight is 185 g/mol. The van der Waals surface area contributed by atoms with Gasteiger partial charge in [-0.3, -0.25) is 0 Å². The normalized spacial score (nSPS) is 6.10. The first-order chi connectivity index (χ1) is 3.39. The zero-order valence-electron chi connectivity index (χ0n) is 3.44. The number of rotatable bonds is 0. The van der Waals surface area contributed by atoms with Gasteiger partial charge in [0.15, 0.2) is 5.16 Å². The van der Waals surface area contributed by atoms with Crippen LogP contribution in [0.15, 0.2) is 17.8 Å². The summed E-state index contributed by atoms with van der Waals surface area (Å²) >= 11 is 3.82. The third-order valence-electron chi connectivity index (χ3n) is 0.480. The van der Waals surface area contributed by atoms with E-state index in [1.54, 1.807) is 0 Å². The molecule has 3 nitrogen and oxygen atoms in total. The van der Waals surface area contributed by atoms with Crippen molar-refractivity contribution in [3.8, 4) is 0 Å². The van der Waals surface area contributed by atoms with Crippen molar-refractivity contribution in [3.63, 3.8) is 0 Å². The van der Waals surface area contributed by atoms with E-state index in [-0.39, 0.29) is 88.7 Å². The van der Waals surface area contributed by atoms with Crippen LogP contribution in [0.1, 0.15) is 0 Å². The zero-order chi connectivity index (χ0) is 5.11. The Kier molecular flexibility index (Phi) is 20.7. The maximum absolute atomic E-state index is 3.82. The predicted octanol–water partition coefficient (Wildman–Crippen LogP) is -1.79. The summed E-state index contributed by atoms with van der Waals surface area (Å²) in [7, 11) is 0. The summed E-state index contributed by atoms with van der Waals surface area (Å²) in [6, 6.07) is 0. The van der Waals surface area contributed by atoms with E-state index in [9.17, 15) is 0 Å². The SMILES string of the molecule is Sc1ncncn1.[NaH].[NaH].[NaH]. The molecular weight excluding hydrogens is 179 g/mol. The molecule has 0 fully saturated rings. The fraction of sp³-hybridized carbons (Fsp3) is 0. The quantitative estimate of drug-likeness (QED) is 0.383. The van der Waals surface area contributed by atoms with Gasteiger partial charge in [-0.05, 0) is 0 Å². The van der Waals surface area contributed by atoms with Gasteiger partial charge in [-0.15, -0.1) is 12.6 Å². The number of aromatic nitrogens is 3. The predicted molar refractivity (Wildman–Crippen MR) is 48.5 cm³/mol. The monoisotopic (exact) mass is 185 g/mol. The second-order valence-corrected chi connectivity index (χ2v) is 1.34. The van der Waals surface area contributed by atoms with Gasteiger partial charge < -0.3 is 0 Å². The van der Waals surface area contributed by atoms with Crippen molar-refractivity contribution < 1.29 is 0 Å². The molecule has 0 aliphatic rings. The second-order valence-electron chi connectivity index (χ2n) is 0.938. The van der Waals surface area contributed by atoms with Gasteiger partial charge in [0.2, 0.25) is 0 Å². The molecule has 7 heteroatoms. The molecule has 1 heterocycles. The van der Waals surface area contributed by atoms with Crippen LogP contribution in [0.5, 0.6) is 0 Å². The van der Waals surface area contributed by atoms with Crippen LogP contribution in [-0.4, -0.2) is 104 Å². The molecule has 0 unspecified atom stereocenters. The van der Waals surface area contributed by atoms with Crippen molar-refractivity contribution in [2.45, 2.75) is 5.16 Å². The molecule has 1 rings (SSSR count). The van der Waals surface area contributed by atoms with Crippen LogP contribution in [0.25, 0.3) is 0 Å². The Bertz CT molecular complexity index is 149. The van der Waals surface area contributed by atoms with Crippen molar-refractivity contribution in [1.29, 1.82) is 0 Å². The summed E-state index contributed by atoms with van der Waals surface area (Å²) in [5, 5.41) is 0.454. The Morgan fingerprint density at radius 3 is 1.60 bits per heavy atom. The molecule has 0 N–H and O–H groups in total. The van der Waals surface area contributed by atoms with Crippen molar-refractivity contribution in [2.24, 2.45) is 0 Å². The summed E-state index contributed by atoms with van der Waals surface area (Å²) in [6.45, 7) is 0. The summed E-state index contributed by atoms with van der Waals surface area (Å²) in [5.74, 6) is 0. The van der Waals surface area contributed by atoms with Crippen molar-refractivity contribution in [1.82, 2.24) is 15.0 Å². The molecular formula is C3H6N3Na3S. The fourth-order valence-electron chi connectivity index (χ4n) is 0.233. The Labute approximate surface area is 131 Å². The van der Waals surface area contributed by atoms with Crippen LogP contribution in [-0.2, 0) is 0 Å². The van der Waals surface area contributed by atoms with Crippen molar-refractivity contribution >= 4 is 101 Å². The van der Waals surface area contributed by atoms with Crippen LogP contribution in [0.2, 0.25) is 0 Å². The molecule has 0 radical (unpaired) electrons. The Morgan fingerprint density at radius 2 is 1.40 bits per heavy atom. The number of hydrogen-bond donors (Lipinski definition) is 1. The molecule has 10 heavy (non-hydrogen) atoms. The molecule has 1 aromatic rings. The van der Waals surface area contributed by atoms with Gasteiger partial charge in [-0.25, -0.2) is 15.0 Å². The third kappa shape index (κ3) is 8.46. The molecule has 0 saturated carbocycles. The third-order valence-corrected chi connectivity index (χ3v) is 0.711. The van der Waals surface area contributed by atoms with Crippen LogP contribution < -0.4 is 0 Å². The van der Waals surface area contributed by atoms with Crippen LogP contribution in [0.4, 0.5) is 0 Å². The van der Waals surface area contributed by atoms with Crippen LogP contribution >= 0.6 is 12.6 Å². The van der Waals surface area contributed by atoms with Crippen molar-refractivity contribution in [2.75, 3.05) is 0 Å². The standard InChI is InChI=1S/C3H3N3S.3Na.3H/c7-3-5-1-4-2-6-3;;;;;;/h1-2H,(H,4,5,6,7);;;;;;. The van der Waals surface area contributed by atoms with E-state index in [4.69, 9.17) is 0 Å². The fourth-order valence-corrected chi connectivity index (χ4v) is 0.336. The minimum absolute atomic E-state index is 0. The Morgan fingerprint density at radius 1 is 1.00 bits per heavy atom. The Balaban J connectivity index is -0.000000163. The maximum atomic E-state index is 3.82. The summed E-state index contributed by atoms with van der Waals surface area (Å²) in [6.07, 6.45) is 2.80. The molecule has 0 saturated heterocycles. The first-order valence-electron chi connectivity index (χ1n) is 1.70. The molecule has 0 atom stereocenters. The van der Waals surface area contributed by atoms with Crippen molar-refractivity contribution in [3.05, 3.63) is 12.7 Å². The molecule has 42 valence electrons. The van der Waals surface area contributed by atoms with Crippen LogP contribution in [0.3, 0.4) is 0 Å². The van der Waals surface area contributed by atoms with E-state index in [0.29, 0.717) is 5.16 Å². The first kappa shape index (κ1) is 18.2. The zero-order valence-corrected chi connectivity index (χ0v) is 4.34. The molecule has 0 amide bonds. The summed E-state index contributed by atoms with van der Waals surface area (Å²) < 4.78 is 0. The molecule has 0 aliphatic carbocycles. The molecule has 0 spiro atoms. The molecule has 0 bridgehead atoms. The van der Waals surface area contributed by atoms with Gasteiger partial charge >= 0.3 is 88.7 Å². The summed E-state index contributed by atoms with van der Waals surface area (Å²) in [5.41, 5.74) is 0. The van der Waals surface area contributed by atoms with E-state index >= 15 is 0 Å². The molecule has 1 aromatic heterocycles. The van der Waals surface area contributed by atoms with E-state index in [0.717, 1.165) is 0 Å². The van der Waals surface area contributed by atoms with E-state index in [1.807, 2.05) is 0 Å². The average Bonchev–Trinajstić information content (AvgIpc) is 1.69. The number of nitrogens with zero attached hydrogens (tertiary/aromatic N) is 3. The number of thiol groups is 1. The van der Waals surface area contributed by atoms with E-state index in [2.05, 4.69) is 27.6 Å². The topological polar surface area (TPSA) is 38.7 Å². The van der Waals surface area contributed by atoms with Crippen LogP contribution in [0, 0.1) is 0 Å². The van der Waals surface area contributed by atoms with Gasteiger partial charge in [0, 0.05) is 0 Å². The minimum atomic E-state index is 0. The summed E-state index contributed by atoms with van der Waals surface area (Å²) in [4.78, 5) is 10.8. The molecule has 0 aliphatic heterocycles.